The second kappa shape index (κ2) is 6.19. The topological polar surface area (TPSA) is 41.0 Å². The number of hydrogen-bond donors (Lipinski definition) is 1. The van der Waals surface area contributed by atoms with Crippen LogP contribution in [-0.4, -0.2) is 39.8 Å². The fraction of sp³-hybridized carbons (Fsp3) is 0.750. The number of aromatic nitrogens is 2. The lowest BCUT2D eigenvalue weighted by Crippen LogP contribution is -2.64. The fourth-order valence-electron chi connectivity index (χ4n) is 3.81. The first kappa shape index (κ1) is 14.0. The normalized spacial score (nSPS) is 26.8. The maximum atomic E-state index is 4.26. The number of nitrogens with zero attached hydrogens (tertiary/aromatic N) is 3. The van der Waals surface area contributed by atoms with E-state index in [1.807, 2.05) is 6.07 Å². The molecule has 0 aromatic carbocycles. The average molecular weight is 274 g/mol. The van der Waals surface area contributed by atoms with Crippen LogP contribution >= 0.6 is 0 Å². The third-order valence-electron chi connectivity index (χ3n) is 5.01. The van der Waals surface area contributed by atoms with Crippen molar-refractivity contribution in [3.63, 3.8) is 0 Å². The molecule has 1 aromatic heterocycles. The van der Waals surface area contributed by atoms with E-state index < -0.39 is 0 Å². The molecule has 1 aliphatic heterocycles. The van der Waals surface area contributed by atoms with Crippen LogP contribution in [0.25, 0.3) is 0 Å². The Balaban J connectivity index is 1.71. The van der Waals surface area contributed by atoms with Crippen LogP contribution in [0, 0.1) is 0 Å². The van der Waals surface area contributed by atoms with Gasteiger partial charge in [0.2, 0.25) is 0 Å². The molecule has 1 aromatic rings. The lowest BCUT2D eigenvalue weighted by Gasteiger charge is -2.49. The van der Waals surface area contributed by atoms with Gasteiger partial charge in [-0.3, -0.25) is 4.90 Å². The van der Waals surface area contributed by atoms with Gasteiger partial charge in [0, 0.05) is 37.4 Å². The van der Waals surface area contributed by atoms with E-state index in [1.54, 1.807) is 6.20 Å². The van der Waals surface area contributed by atoms with Crippen LogP contribution in [0.2, 0.25) is 0 Å². The molecule has 2 aliphatic rings. The summed E-state index contributed by atoms with van der Waals surface area (Å²) in [5, 5.41) is 12.1. The minimum absolute atomic E-state index is 0.367. The van der Waals surface area contributed by atoms with Gasteiger partial charge in [-0.25, -0.2) is 0 Å². The summed E-state index contributed by atoms with van der Waals surface area (Å²) >= 11 is 0. The molecule has 1 atom stereocenters. The SMILES string of the molecule is CCC1CNC2(CCCCC2)CN1Cc1cccnn1. The second-order valence-electron chi connectivity index (χ2n) is 6.40. The van der Waals surface area contributed by atoms with Gasteiger partial charge in [0.1, 0.15) is 0 Å². The average Bonchev–Trinajstić information content (AvgIpc) is 2.49. The van der Waals surface area contributed by atoms with E-state index in [0.29, 0.717) is 11.6 Å². The molecule has 1 N–H and O–H groups in total. The van der Waals surface area contributed by atoms with Gasteiger partial charge in [0.25, 0.3) is 0 Å². The van der Waals surface area contributed by atoms with Crippen molar-refractivity contribution in [3.8, 4) is 0 Å². The molecule has 0 bridgehead atoms. The Morgan fingerprint density at radius 1 is 1.35 bits per heavy atom. The summed E-state index contributed by atoms with van der Waals surface area (Å²) in [6.45, 7) is 5.52. The van der Waals surface area contributed by atoms with Crippen molar-refractivity contribution in [2.24, 2.45) is 0 Å². The molecule has 2 fully saturated rings. The molecule has 110 valence electrons. The fourth-order valence-corrected chi connectivity index (χ4v) is 3.81. The predicted octanol–water partition coefficient (Wildman–Crippen LogP) is 2.36. The molecule has 0 radical (unpaired) electrons. The Bertz CT molecular complexity index is 414. The van der Waals surface area contributed by atoms with Gasteiger partial charge in [-0.05, 0) is 31.4 Å². The zero-order valence-corrected chi connectivity index (χ0v) is 12.5. The number of rotatable bonds is 3. The van der Waals surface area contributed by atoms with Crippen molar-refractivity contribution in [1.29, 1.82) is 0 Å². The van der Waals surface area contributed by atoms with Crippen molar-refractivity contribution in [1.82, 2.24) is 20.4 Å². The van der Waals surface area contributed by atoms with Crippen molar-refractivity contribution in [2.75, 3.05) is 13.1 Å². The summed E-state index contributed by atoms with van der Waals surface area (Å²) in [4.78, 5) is 2.63. The van der Waals surface area contributed by atoms with Crippen molar-refractivity contribution >= 4 is 0 Å². The Morgan fingerprint density at radius 3 is 2.90 bits per heavy atom. The molecule has 2 heterocycles. The summed E-state index contributed by atoms with van der Waals surface area (Å²) in [5.74, 6) is 0. The largest absolute Gasteiger partial charge is 0.308 e. The first-order valence-electron chi connectivity index (χ1n) is 8.07. The zero-order chi connectivity index (χ0) is 13.8. The van der Waals surface area contributed by atoms with Crippen molar-refractivity contribution in [3.05, 3.63) is 24.0 Å². The summed E-state index contributed by atoms with van der Waals surface area (Å²) in [5.41, 5.74) is 1.46. The van der Waals surface area contributed by atoms with Crippen LogP contribution in [0.15, 0.2) is 18.3 Å². The summed E-state index contributed by atoms with van der Waals surface area (Å²) in [7, 11) is 0. The lowest BCUT2D eigenvalue weighted by molar-refractivity contribution is 0.0474. The summed E-state index contributed by atoms with van der Waals surface area (Å²) in [6.07, 6.45) is 9.78. The van der Waals surface area contributed by atoms with E-state index in [4.69, 9.17) is 0 Å². The number of hydrogen-bond acceptors (Lipinski definition) is 4. The molecule has 1 saturated heterocycles. The Kier molecular flexibility index (Phi) is 4.32. The van der Waals surface area contributed by atoms with Crippen LogP contribution < -0.4 is 5.32 Å². The number of piperazine rings is 1. The van der Waals surface area contributed by atoms with E-state index in [-0.39, 0.29) is 0 Å². The predicted molar refractivity (Wildman–Crippen MR) is 80.3 cm³/mol. The first-order chi connectivity index (χ1) is 9.81. The minimum Gasteiger partial charge on any atom is -0.308 e. The summed E-state index contributed by atoms with van der Waals surface area (Å²) < 4.78 is 0. The maximum absolute atomic E-state index is 4.26. The van der Waals surface area contributed by atoms with Gasteiger partial charge in [-0.15, -0.1) is 0 Å². The van der Waals surface area contributed by atoms with Gasteiger partial charge in [-0.1, -0.05) is 26.2 Å². The van der Waals surface area contributed by atoms with Crippen LogP contribution in [-0.2, 0) is 6.54 Å². The molecule has 4 heteroatoms. The minimum atomic E-state index is 0.367. The molecule has 0 amide bonds. The highest BCUT2D eigenvalue weighted by atomic mass is 15.3. The third-order valence-corrected chi connectivity index (χ3v) is 5.01. The number of nitrogens with one attached hydrogen (secondary N) is 1. The Morgan fingerprint density at radius 2 is 2.20 bits per heavy atom. The Hall–Kier alpha value is -1.00. The molecule has 1 spiro atoms. The monoisotopic (exact) mass is 274 g/mol. The van der Waals surface area contributed by atoms with E-state index in [2.05, 4.69) is 33.4 Å². The molecular weight excluding hydrogens is 248 g/mol. The van der Waals surface area contributed by atoms with Gasteiger partial charge >= 0.3 is 0 Å². The third kappa shape index (κ3) is 3.01. The smallest absolute Gasteiger partial charge is 0.0771 e. The molecule has 1 aliphatic carbocycles. The second-order valence-corrected chi connectivity index (χ2v) is 6.40. The standard InChI is InChI=1S/C16H26N4/c1-2-15-11-17-16(8-4-3-5-9-16)13-20(15)12-14-7-6-10-18-19-14/h6-7,10,15,17H,2-5,8-9,11-13H2,1H3. The van der Waals surface area contributed by atoms with E-state index >= 15 is 0 Å². The first-order valence-corrected chi connectivity index (χ1v) is 8.07. The maximum Gasteiger partial charge on any atom is 0.0771 e. The van der Waals surface area contributed by atoms with Gasteiger partial charge in [-0.2, -0.15) is 10.2 Å². The lowest BCUT2D eigenvalue weighted by atomic mass is 9.79. The quantitative estimate of drug-likeness (QED) is 0.918. The zero-order valence-electron chi connectivity index (χ0n) is 12.5. The van der Waals surface area contributed by atoms with Crippen molar-refractivity contribution in [2.45, 2.75) is 63.6 Å². The van der Waals surface area contributed by atoms with E-state index in [9.17, 15) is 0 Å². The van der Waals surface area contributed by atoms with Gasteiger partial charge in [0.15, 0.2) is 0 Å². The van der Waals surface area contributed by atoms with Crippen LogP contribution in [0.5, 0.6) is 0 Å². The van der Waals surface area contributed by atoms with Gasteiger partial charge < -0.3 is 5.32 Å². The van der Waals surface area contributed by atoms with Crippen LogP contribution in [0.3, 0.4) is 0 Å². The molecule has 3 rings (SSSR count). The van der Waals surface area contributed by atoms with E-state index in [1.165, 1.54) is 45.1 Å². The van der Waals surface area contributed by atoms with E-state index in [0.717, 1.165) is 18.8 Å². The molecule has 1 unspecified atom stereocenters. The molecule has 4 nitrogen and oxygen atoms in total. The van der Waals surface area contributed by atoms with Gasteiger partial charge in [0.05, 0.1) is 5.69 Å². The van der Waals surface area contributed by atoms with Crippen molar-refractivity contribution < 1.29 is 0 Å². The Labute approximate surface area is 122 Å². The highest BCUT2D eigenvalue weighted by Gasteiger charge is 2.39. The van der Waals surface area contributed by atoms with Crippen LogP contribution in [0.4, 0.5) is 0 Å². The highest BCUT2D eigenvalue weighted by Crippen LogP contribution is 2.32. The molecule has 1 saturated carbocycles. The van der Waals surface area contributed by atoms with Crippen LogP contribution in [0.1, 0.15) is 51.1 Å². The molecule has 20 heavy (non-hydrogen) atoms. The molecular formula is C16H26N4. The highest BCUT2D eigenvalue weighted by molar-refractivity contribution is 5.04. The summed E-state index contributed by atoms with van der Waals surface area (Å²) in [6, 6.07) is 4.71.